The molecule has 0 fully saturated rings. The van der Waals surface area contributed by atoms with E-state index in [4.69, 9.17) is 9.47 Å². The summed E-state index contributed by atoms with van der Waals surface area (Å²) in [6.07, 6.45) is -0.246. The van der Waals surface area contributed by atoms with E-state index in [-0.39, 0.29) is 36.5 Å². The second-order valence-corrected chi connectivity index (χ2v) is 8.92. The first kappa shape index (κ1) is 26.0. The number of anilines is 2. The molecular formula is C26H34N4O5. The molecule has 2 aromatic rings. The second-order valence-electron chi connectivity index (χ2n) is 8.92. The fourth-order valence-corrected chi connectivity index (χ4v) is 4.10. The van der Waals surface area contributed by atoms with Crippen LogP contribution in [0.15, 0.2) is 48.5 Å². The van der Waals surface area contributed by atoms with Crippen molar-refractivity contribution >= 4 is 29.2 Å². The summed E-state index contributed by atoms with van der Waals surface area (Å²) in [5.74, 6) is 0.0659. The van der Waals surface area contributed by atoms with Crippen molar-refractivity contribution in [3.05, 3.63) is 54.1 Å². The number of benzene rings is 2. The second kappa shape index (κ2) is 11.7. The van der Waals surface area contributed by atoms with Crippen molar-refractivity contribution in [3.63, 3.8) is 0 Å². The van der Waals surface area contributed by atoms with Gasteiger partial charge in [-0.25, -0.2) is 4.79 Å². The maximum Gasteiger partial charge on any atom is 0.323 e. The molecule has 2 aromatic carbocycles. The molecule has 4 amide bonds. The van der Waals surface area contributed by atoms with E-state index in [0.29, 0.717) is 35.8 Å². The van der Waals surface area contributed by atoms with E-state index in [1.807, 2.05) is 32.0 Å². The maximum atomic E-state index is 13.3. The number of methoxy groups -OCH3 is 1. The van der Waals surface area contributed by atoms with Crippen LogP contribution in [0.25, 0.3) is 0 Å². The SMILES string of the molecule is CO[C@@H]1CN(C)C(=O)c2ccc(NC(=O)Nc3ccccc3)cc2OC[C@H](C)N(C(C)=O)C[C@@H]1C. The number of carbonyl (C=O) groups is 3. The topological polar surface area (TPSA) is 100 Å². The minimum atomic E-state index is -0.416. The van der Waals surface area contributed by atoms with Gasteiger partial charge < -0.3 is 29.9 Å². The molecule has 0 bridgehead atoms. The molecule has 0 spiro atoms. The normalized spacial score (nSPS) is 21.2. The molecular weight excluding hydrogens is 448 g/mol. The summed E-state index contributed by atoms with van der Waals surface area (Å²) < 4.78 is 11.7. The van der Waals surface area contributed by atoms with Crippen molar-refractivity contribution in [1.82, 2.24) is 9.80 Å². The third kappa shape index (κ3) is 6.73. The molecule has 9 nitrogen and oxygen atoms in total. The average molecular weight is 483 g/mol. The van der Waals surface area contributed by atoms with Gasteiger partial charge in [0.05, 0.1) is 17.7 Å². The Morgan fingerprint density at radius 3 is 2.37 bits per heavy atom. The number of para-hydroxylation sites is 1. The van der Waals surface area contributed by atoms with Gasteiger partial charge in [-0.1, -0.05) is 25.1 Å². The zero-order chi connectivity index (χ0) is 25.5. The molecule has 0 saturated carbocycles. The van der Waals surface area contributed by atoms with Crippen molar-refractivity contribution in [2.75, 3.05) is 44.5 Å². The highest BCUT2D eigenvalue weighted by Gasteiger charge is 2.29. The molecule has 3 atom stereocenters. The first-order valence-corrected chi connectivity index (χ1v) is 11.6. The van der Waals surface area contributed by atoms with Crippen LogP contribution >= 0.6 is 0 Å². The Kier molecular flexibility index (Phi) is 8.70. The van der Waals surface area contributed by atoms with Crippen LogP contribution in [0.1, 0.15) is 31.1 Å². The van der Waals surface area contributed by atoms with E-state index < -0.39 is 6.03 Å². The summed E-state index contributed by atoms with van der Waals surface area (Å²) in [6, 6.07) is 13.4. The van der Waals surface area contributed by atoms with Crippen molar-refractivity contribution in [2.24, 2.45) is 5.92 Å². The van der Waals surface area contributed by atoms with Gasteiger partial charge in [0.2, 0.25) is 5.91 Å². The predicted octanol–water partition coefficient (Wildman–Crippen LogP) is 3.68. The molecule has 0 saturated heterocycles. The Morgan fingerprint density at radius 2 is 1.71 bits per heavy atom. The van der Waals surface area contributed by atoms with E-state index >= 15 is 0 Å². The summed E-state index contributed by atoms with van der Waals surface area (Å²) >= 11 is 0. The number of rotatable bonds is 3. The molecule has 1 aliphatic heterocycles. The lowest BCUT2D eigenvalue weighted by molar-refractivity contribution is -0.133. The van der Waals surface area contributed by atoms with Gasteiger partial charge in [-0.05, 0) is 31.2 Å². The Labute approximate surface area is 206 Å². The lowest BCUT2D eigenvalue weighted by atomic mass is 10.0. The van der Waals surface area contributed by atoms with Crippen LogP contribution in [0.5, 0.6) is 5.75 Å². The lowest BCUT2D eigenvalue weighted by Gasteiger charge is -2.35. The fraction of sp³-hybridized carbons (Fsp3) is 0.423. The van der Waals surface area contributed by atoms with E-state index in [2.05, 4.69) is 10.6 Å². The molecule has 3 rings (SSSR count). The number of likely N-dealkylation sites (N-methyl/N-ethyl adjacent to an activating group) is 1. The van der Waals surface area contributed by atoms with Gasteiger partial charge in [0.1, 0.15) is 12.4 Å². The number of hydrogen-bond acceptors (Lipinski definition) is 5. The lowest BCUT2D eigenvalue weighted by Crippen LogP contribution is -2.48. The number of carbonyl (C=O) groups excluding carboxylic acids is 3. The number of hydrogen-bond donors (Lipinski definition) is 2. The maximum absolute atomic E-state index is 13.3. The van der Waals surface area contributed by atoms with Gasteiger partial charge in [-0.2, -0.15) is 0 Å². The van der Waals surface area contributed by atoms with Gasteiger partial charge in [-0.3, -0.25) is 9.59 Å². The largest absolute Gasteiger partial charge is 0.491 e. The molecule has 0 aromatic heterocycles. The van der Waals surface area contributed by atoms with Crippen molar-refractivity contribution < 1.29 is 23.9 Å². The van der Waals surface area contributed by atoms with Gasteiger partial charge in [0.15, 0.2) is 0 Å². The van der Waals surface area contributed by atoms with Crippen LogP contribution in [-0.4, -0.2) is 73.6 Å². The Hall–Kier alpha value is -3.59. The molecule has 188 valence electrons. The minimum absolute atomic E-state index is 0.00944. The number of ether oxygens (including phenoxy) is 2. The molecule has 0 radical (unpaired) electrons. The predicted molar refractivity (Wildman–Crippen MR) is 135 cm³/mol. The van der Waals surface area contributed by atoms with Crippen LogP contribution in [0.2, 0.25) is 0 Å². The average Bonchev–Trinajstić information content (AvgIpc) is 2.83. The van der Waals surface area contributed by atoms with Crippen molar-refractivity contribution in [3.8, 4) is 5.75 Å². The van der Waals surface area contributed by atoms with Gasteiger partial charge >= 0.3 is 6.03 Å². The molecule has 35 heavy (non-hydrogen) atoms. The monoisotopic (exact) mass is 482 g/mol. The number of nitrogens with zero attached hydrogens (tertiary/aromatic N) is 2. The highest BCUT2D eigenvalue weighted by atomic mass is 16.5. The zero-order valence-electron chi connectivity index (χ0n) is 20.9. The first-order chi connectivity index (χ1) is 16.7. The highest BCUT2D eigenvalue weighted by Crippen LogP contribution is 2.27. The molecule has 2 N–H and O–H groups in total. The number of nitrogens with one attached hydrogen (secondary N) is 2. The van der Waals surface area contributed by atoms with Gasteiger partial charge in [0, 0.05) is 57.5 Å². The van der Waals surface area contributed by atoms with Crippen LogP contribution in [0, 0.1) is 5.92 Å². The summed E-state index contributed by atoms with van der Waals surface area (Å²) in [4.78, 5) is 41.4. The number of urea groups is 1. The molecule has 0 unspecified atom stereocenters. The quantitative estimate of drug-likeness (QED) is 0.695. The third-order valence-electron chi connectivity index (χ3n) is 6.14. The van der Waals surface area contributed by atoms with Gasteiger partial charge in [0.25, 0.3) is 5.91 Å². The molecule has 0 aliphatic carbocycles. The fourth-order valence-electron chi connectivity index (χ4n) is 4.10. The van der Waals surface area contributed by atoms with Crippen LogP contribution in [0.3, 0.4) is 0 Å². The van der Waals surface area contributed by atoms with Gasteiger partial charge in [-0.15, -0.1) is 0 Å². The smallest absolute Gasteiger partial charge is 0.323 e. The summed E-state index contributed by atoms with van der Waals surface area (Å²) in [5.41, 5.74) is 1.50. The van der Waals surface area contributed by atoms with Crippen LogP contribution < -0.4 is 15.4 Å². The van der Waals surface area contributed by atoms with Crippen LogP contribution in [-0.2, 0) is 9.53 Å². The summed E-state index contributed by atoms with van der Waals surface area (Å²) in [5, 5.41) is 5.53. The Morgan fingerprint density at radius 1 is 1.03 bits per heavy atom. The number of fused-ring (bicyclic) bond motifs is 1. The highest BCUT2D eigenvalue weighted by molar-refractivity contribution is 6.01. The van der Waals surface area contributed by atoms with Crippen molar-refractivity contribution in [1.29, 1.82) is 0 Å². The van der Waals surface area contributed by atoms with E-state index in [9.17, 15) is 14.4 Å². The first-order valence-electron chi connectivity index (χ1n) is 11.6. The van der Waals surface area contributed by atoms with Crippen molar-refractivity contribution in [2.45, 2.75) is 32.9 Å². The molecule has 1 aliphatic rings. The van der Waals surface area contributed by atoms with E-state index in [1.54, 1.807) is 54.3 Å². The summed E-state index contributed by atoms with van der Waals surface area (Å²) in [6.45, 7) is 6.48. The van der Waals surface area contributed by atoms with E-state index in [0.717, 1.165) is 0 Å². The standard InChI is InChI=1S/C26H34N4O5/c1-17-14-30(19(3)31)18(2)16-35-23-13-21(28-26(33)27-20-9-7-6-8-10-20)11-12-22(23)25(32)29(4)15-24(17)34-5/h6-13,17-18,24H,14-16H2,1-5H3,(H2,27,28,33)/t17-,18-,24+/m0/s1. The zero-order valence-corrected chi connectivity index (χ0v) is 20.9. The molecule has 1 heterocycles. The Bertz CT molecular complexity index is 1050. The Balaban J connectivity index is 1.88. The van der Waals surface area contributed by atoms with E-state index in [1.165, 1.54) is 6.92 Å². The van der Waals surface area contributed by atoms with Crippen LogP contribution in [0.4, 0.5) is 16.2 Å². The minimum Gasteiger partial charge on any atom is -0.491 e. The number of amides is 4. The molecule has 9 heteroatoms. The summed E-state index contributed by atoms with van der Waals surface area (Å²) in [7, 11) is 3.32. The third-order valence-corrected chi connectivity index (χ3v) is 6.14.